The molecule has 0 saturated heterocycles. The summed E-state index contributed by atoms with van der Waals surface area (Å²) >= 11 is 0. The van der Waals surface area contributed by atoms with Crippen molar-refractivity contribution in [3.8, 4) is 0 Å². The molecule has 0 N–H and O–H groups in total. The first kappa shape index (κ1) is 12.9. The van der Waals surface area contributed by atoms with Gasteiger partial charge in [-0.3, -0.25) is 0 Å². The molecule has 0 unspecified atom stereocenters. The summed E-state index contributed by atoms with van der Waals surface area (Å²) in [6.07, 6.45) is 1.65. The summed E-state index contributed by atoms with van der Waals surface area (Å²) in [4.78, 5) is 0.337. The Labute approximate surface area is 108 Å². The summed E-state index contributed by atoms with van der Waals surface area (Å²) in [6.45, 7) is 7.57. The highest BCUT2D eigenvalue weighted by Crippen LogP contribution is 2.20. The average Bonchev–Trinajstić information content (AvgIpc) is 2.62. The predicted octanol–water partition coefficient (Wildman–Crippen LogP) is 2.96. The van der Waals surface area contributed by atoms with Crippen molar-refractivity contribution in [2.75, 3.05) is 0 Å². The minimum Gasteiger partial charge on any atom is -0.246 e. The van der Waals surface area contributed by atoms with E-state index in [1.165, 1.54) is 3.97 Å². The van der Waals surface area contributed by atoms with Gasteiger partial charge in [-0.25, -0.2) is 12.4 Å². The van der Waals surface area contributed by atoms with E-state index in [-0.39, 0.29) is 0 Å². The van der Waals surface area contributed by atoms with Crippen molar-refractivity contribution in [1.29, 1.82) is 0 Å². The van der Waals surface area contributed by atoms with E-state index in [9.17, 15) is 8.42 Å². The zero-order valence-electron chi connectivity index (χ0n) is 11.1. The van der Waals surface area contributed by atoms with Crippen LogP contribution in [0, 0.1) is 27.7 Å². The first-order chi connectivity index (χ1) is 8.32. The normalized spacial score (nSPS) is 11.8. The van der Waals surface area contributed by atoms with Gasteiger partial charge in [-0.05, 0) is 62.6 Å². The SMILES string of the molecule is Cc1cc(C)n(S(=O)(=O)c2ccc(C)c(C)c2)c1. The Kier molecular flexibility index (Phi) is 3.07. The van der Waals surface area contributed by atoms with E-state index >= 15 is 0 Å². The highest BCUT2D eigenvalue weighted by molar-refractivity contribution is 7.90. The van der Waals surface area contributed by atoms with Gasteiger partial charge in [0.05, 0.1) is 4.90 Å². The number of aromatic nitrogens is 1. The largest absolute Gasteiger partial charge is 0.267 e. The maximum Gasteiger partial charge on any atom is 0.267 e. The van der Waals surface area contributed by atoms with Crippen LogP contribution in [0.1, 0.15) is 22.4 Å². The lowest BCUT2D eigenvalue weighted by molar-refractivity contribution is 0.586. The van der Waals surface area contributed by atoms with E-state index in [4.69, 9.17) is 0 Å². The molecule has 1 heterocycles. The lowest BCUT2D eigenvalue weighted by Crippen LogP contribution is -2.13. The Morgan fingerprint density at radius 3 is 2.11 bits per heavy atom. The molecule has 0 amide bonds. The van der Waals surface area contributed by atoms with Crippen molar-refractivity contribution < 1.29 is 8.42 Å². The number of hydrogen-bond acceptors (Lipinski definition) is 2. The van der Waals surface area contributed by atoms with Crippen LogP contribution in [-0.2, 0) is 10.0 Å². The van der Waals surface area contributed by atoms with Crippen molar-refractivity contribution in [3.63, 3.8) is 0 Å². The molecule has 0 spiro atoms. The van der Waals surface area contributed by atoms with Gasteiger partial charge in [0.15, 0.2) is 0 Å². The molecular weight excluding hydrogens is 246 g/mol. The lowest BCUT2D eigenvalue weighted by atomic mass is 10.1. The number of rotatable bonds is 2. The number of nitrogens with zero attached hydrogens (tertiary/aromatic N) is 1. The minimum absolute atomic E-state index is 0.337. The second-order valence-electron chi connectivity index (χ2n) is 4.71. The molecule has 0 fully saturated rings. The van der Waals surface area contributed by atoms with Crippen LogP contribution in [-0.4, -0.2) is 12.4 Å². The van der Waals surface area contributed by atoms with Crippen LogP contribution in [0.2, 0.25) is 0 Å². The Morgan fingerprint density at radius 1 is 0.944 bits per heavy atom. The lowest BCUT2D eigenvalue weighted by Gasteiger charge is -2.09. The molecule has 0 aliphatic rings. The molecule has 0 saturated carbocycles. The van der Waals surface area contributed by atoms with Gasteiger partial charge < -0.3 is 0 Å². The van der Waals surface area contributed by atoms with Crippen molar-refractivity contribution >= 4 is 10.0 Å². The maximum absolute atomic E-state index is 12.5. The van der Waals surface area contributed by atoms with Gasteiger partial charge in [0.25, 0.3) is 10.0 Å². The first-order valence-electron chi connectivity index (χ1n) is 5.81. The van der Waals surface area contributed by atoms with E-state index in [1.807, 2.05) is 32.9 Å². The van der Waals surface area contributed by atoms with E-state index < -0.39 is 10.0 Å². The van der Waals surface area contributed by atoms with Gasteiger partial charge in [0, 0.05) is 11.9 Å². The van der Waals surface area contributed by atoms with E-state index in [0.29, 0.717) is 4.90 Å². The molecule has 96 valence electrons. The monoisotopic (exact) mass is 263 g/mol. The molecule has 0 radical (unpaired) electrons. The molecule has 1 aromatic carbocycles. The fourth-order valence-corrected chi connectivity index (χ4v) is 3.49. The Bertz CT molecular complexity index is 697. The Balaban J connectivity index is 2.61. The van der Waals surface area contributed by atoms with Crippen molar-refractivity contribution in [1.82, 2.24) is 3.97 Å². The van der Waals surface area contributed by atoms with Gasteiger partial charge in [0.1, 0.15) is 0 Å². The zero-order valence-corrected chi connectivity index (χ0v) is 11.9. The van der Waals surface area contributed by atoms with Crippen LogP contribution >= 0.6 is 0 Å². The van der Waals surface area contributed by atoms with Crippen LogP contribution in [0.15, 0.2) is 35.4 Å². The van der Waals surface area contributed by atoms with Gasteiger partial charge in [0.2, 0.25) is 0 Å². The standard InChI is InChI=1S/C14H17NO2S/c1-10-7-13(4)15(9-10)18(16,17)14-6-5-11(2)12(3)8-14/h5-9H,1-4H3. The third-order valence-corrected chi connectivity index (χ3v) is 4.90. The molecule has 3 nitrogen and oxygen atoms in total. The van der Waals surface area contributed by atoms with Crippen LogP contribution in [0.25, 0.3) is 0 Å². The molecule has 0 aliphatic heterocycles. The van der Waals surface area contributed by atoms with E-state index in [2.05, 4.69) is 0 Å². The molecule has 1 aromatic heterocycles. The second kappa shape index (κ2) is 4.28. The fourth-order valence-electron chi connectivity index (χ4n) is 1.96. The molecule has 0 bridgehead atoms. The summed E-state index contributed by atoms with van der Waals surface area (Å²) in [7, 11) is -3.47. The van der Waals surface area contributed by atoms with Crippen molar-refractivity contribution in [3.05, 3.63) is 52.8 Å². The molecular formula is C14H17NO2S. The molecule has 18 heavy (non-hydrogen) atoms. The van der Waals surface area contributed by atoms with Crippen LogP contribution < -0.4 is 0 Å². The fraction of sp³-hybridized carbons (Fsp3) is 0.286. The van der Waals surface area contributed by atoms with E-state index in [0.717, 1.165) is 22.4 Å². The van der Waals surface area contributed by atoms with E-state index in [1.54, 1.807) is 25.3 Å². The molecule has 2 rings (SSSR count). The molecule has 4 heteroatoms. The smallest absolute Gasteiger partial charge is 0.246 e. The first-order valence-corrected chi connectivity index (χ1v) is 7.25. The number of hydrogen-bond donors (Lipinski definition) is 0. The molecule has 0 aliphatic carbocycles. The average molecular weight is 263 g/mol. The van der Waals surface area contributed by atoms with Crippen molar-refractivity contribution in [2.24, 2.45) is 0 Å². The van der Waals surface area contributed by atoms with Gasteiger partial charge >= 0.3 is 0 Å². The van der Waals surface area contributed by atoms with Crippen LogP contribution in [0.4, 0.5) is 0 Å². The summed E-state index contributed by atoms with van der Waals surface area (Å²) in [5, 5.41) is 0. The van der Waals surface area contributed by atoms with Crippen LogP contribution in [0.5, 0.6) is 0 Å². The highest BCUT2D eigenvalue weighted by atomic mass is 32.2. The zero-order chi connectivity index (χ0) is 13.5. The van der Waals surface area contributed by atoms with Crippen LogP contribution in [0.3, 0.4) is 0 Å². The maximum atomic E-state index is 12.5. The summed E-state index contributed by atoms with van der Waals surface area (Å²) < 4.78 is 26.3. The third kappa shape index (κ3) is 2.08. The number of benzene rings is 1. The predicted molar refractivity (Wildman–Crippen MR) is 72.4 cm³/mol. The minimum atomic E-state index is -3.47. The number of aryl methyl sites for hydroxylation is 4. The second-order valence-corrected chi connectivity index (χ2v) is 6.52. The third-order valence-electron chi connectivity index (χ3n) is 3.14. The Hall–Kier alpha value is -1.55. The van der Waals surface area contributed by atoms with Gasteiger partial charge in [-0.15, -0.1) is 0 Å². The summed E-state index contributed by atoms with van der Waals surface area (Å²) in [5.74, 6) is 0. The highest BCUT2D eigenvalue weighted by Gasteiger charge is 2.18. The summed E-state index contributed by atoms with van der Waals surface area (Å²) in [6, 6.07) is 7.08. The molecule has 0 atom stereocenters. The summed E-state index contributed by atoms with van der Waals surface area (Å²) in [5.41, 5.74) is 3.75. The van der Waals surface area contributed by atoms with Gasteiger partial charge in [-0.2, -0.15) is 0 Å². The quantitative estimate of drug-likeness (QED) is 0.835. The Morgan fingerprint density at radius 2 is 1.61 bits per heavy atom. The van der Waals surface area contributed by atoms with Crippen molar-refractivity contribution in [2.45, 2.75) is 32.6 Å². The topological polar surface area (TPSA) is 39.1 Å². The molecule has 2 aromatic rings. The van der Waals surface area contributed by atoms with Gasteiger partial charge in [-0.1, -0.05) is 6.07 Å².